The van der Waals surface area contributed by atoms with Crippen LogP contribution in [0.1, 0.15) is 64.9 Å². The Kier molecular flexibility index (Phi) is 14.6. The maximum Gasteiger partial charge on any atom is 0.407 e. The van der Waals surface area contributed by atoms with Crippen LogP contribution in [0, 0.1) is 10.8 Å². The normalized spacial score (nSPS) is 15.7. The molecule has 3 aromatic carbocycles. The molecule has 2 unspecified atom stereocenters. The quantitative estimate of drug-likeness (QED) is 0.0901. The molecule has 4 N–H and O–H groups in total. The molecule has 14 nitrogen and oxygen atoms in total. The molecule has 1 fully saturated rings. The number of amides is 5. The van der Waals surface area contributed by atoms with Crippen molar-refractivity contribution in [3.8, 4) is 11.3 Å². The summed E-state index contributed by atoms with van der Waals surface area (Å²) in [5.41, 5.74) is 3.97. The fraction of sp³-hybridized carbons (Fsp3) is 0.429. The molecule has 1 aliphatic rings. The van der Waals surface area contributed by atoms with Crippen LogP contribution < -0.4 is 16.0 Å². The Morgan fingerprint density at radius 1 is 0.778 bits per heavy atom. The summed E-state index contributed by atoms with van der Waals surface area (Å²) in [6.07, 6.45) is 0.493. The molecule has 5 amide bonds. The second-order valence-corrected chi connectivity index (χ2v) is 18.6. The first-order chi connectivity index (χ1) is 29.9. The van der Waals surface area contributed by atoms with Crippen molar-refractivity contribution >= 4 is 35.0 Å². The molecule has 3 heterocycles. The molecule has 5 aromatic rings. The van der Waals surface area contributed by atoms with Gasteiger partial charge in [0, 0.05) is 37.9 Å². The lowest BCUT2D eigenvalue weighted by molar-refractivity contribution is -0.130. The number of carbonyl (C=O) groups excluding carboxylic acids is 4. The number of aryl methyl sites for hydroxylation is 1. The van der Waals surface area contributed by atoms with Crippen molar-refractivity contribution in [2.45, 2.75) is 97.6 Å². The Bertz CT molecular complexity index is 2340. The topological polar surface area (TPSA) is 171 Å². The van der Waals surface area contributed by atoms with E-state index in [0.29, 0.717) is 26.1 Å². The number of hydrogen-bond acceptors (Lipinski definition) is 8. The number of rotatable bonds is 16. The van der Waals surface area contributed by atoms with Gasteiger partial charge < -0.3 is 40.2 Å². The number of aliphatic hydroxyl groups excluding tert-OH is 1. The van der Waals surface area contributed by atoms with Crippen molar-refractivity contribution in [1.82, 2.24) is 40.3 Å². The van der Waals surface area contributed by atoms with Crippen molar-refractivity contribution < 1.29 is 29.0 Å². The number of fused-ring (bicyclic) bond motifs is 1. The van der Waals surface area contributed by atoms with Gasteiger partial charge in [0.05, 0.1) is 42.5 Å². The number of pyridine rings is 1. The zero-order valence-electron chi connectivity index (χ0n) is 37.7. The van der Waals surface area contributed by atoms with E-state index in [1.807, 2.05) is 150 Å². The van der Waals surface area contributed by atoms with E-state index in [4.69, 9.17) is 9.72 Å². The van der Waals surface area contributed by atoms with Gasteiger partial charge in [0.25, 0.3) is 0 Å². The number of alkyl carbamates (subject to hydrolysis) is 1. The summed E-state index contributed by atoms with van der Waals surface area (Å²) in [4.78, 5) is 68.0. The number of ether oxygens (including phenoxy) is 1. The molecule has 0 saturated carbocycles. The Labute approximate surface area is 370 Å². The van der Waals surface area contributed by atoms with E-state index in [-0.39, 0.29) is 24.8 Å². The highest BCUT2D eigenvalue weighted by atomic mass is 16.5. The first-order valence-corrected chi connectivity index (χ1v) is 21.6. The van der Waals surface area contributed by atoms with Crippen LogP contribution in [0.5, 0.6) is 0 Å². The van der Waals surface area contributed by atoms with Gasteiger partial charge in [0.15, 0.2) is 0 Å². The molecule has 0 aliphatic carbocycles. The fourth-order valence-electron chi connectivity index (χ4n) is 8.33. The number of aromatic nitrogens is 3. The highest BCUT2D eigenvalue weighted by Crippen LogP contribution is 2.30. The van der Waals surface area contributed by atoms with Crippen LogP contribution in [0.2, 0.25) is 0 Å². The number of methoxy groups -OCH3 is 1. The van der Waals surface area contributed by atoms with Gasteiger partial charge in [-0.3, -0.25) is 14.6 Å². The van der Waals surface area contributed by atoms with Crippen LogP contribution in [0.4, 0.5) is 9.59 Å². The van der Waals surface area contributed by atoms with Crippen LogP contribution in [0.25, 0.3) is 22.3 Å². The summed E-state index contributed by atoms with van der Waals surface area (Å²) in [5, 5.41) is 21.2. The number of benzene rings is 3. The average Bonchev–Trinajstić information content (AvgIpc) is 3.76. The predicted octanol–water partition coefficient (Wildman–Crippen LogP) is 6.26. The Hall–Kier alpha value is -6.28. The number of nitrogens with zero attached hydrogens (tertiary/aromatic N) is 5. The fourth-order valence-corrected chi connectivity index (χ4v) is 8.33. The molecule has 0 bridgehead atoms. The Morgan fingerprint density at radius 3 is 2.08 bits per heavy atom. The van der Waals surface area contributed by atoms with Crippen LogP contribution in [0.15, 0.2) is 103 Å². The molecule has 5 atom stereocenters. The van der Waals surface area contributed by atoms with Crippen LogP contribution in [-0.2, 0) is 40.8 Å². The summed E-state index contributed by atoms with van der Waals surface area (Å²) >= 11 is 0. The third-order valence-electron chi connectivity index (χ3n) is 11.7. The molecule has 334 valence electrons. The minimum absolute atomic E-state index is 0.0614. The lowest BCUT2D eigenvalue weighted by atomic mass is 9.84. The molecule has 6 rings (SSSR count). The smallest absolute Gasteiger partial charge is 0.407 e. The molecule has 1 aliphatic heterocycles. The molecule has 14 heteroatoms. The third-order valence-corrected chi connectivity index (χ3v) is 11.7. The van der Waals surface area contributed by atoms with E-state index in [1.54, 1.807) is 16.0 Å². The monoisotopic (exact) mass is 858 g/mol. The molecule has 0 radical (unpaired) electrons. The van der Waals surface area contributed by atoms with Crippen LogP contribution in [0.3, 0.4) is 0 Å². The number of urea groups is 1. The van der Waals surface area contributed by atoms with Gasteiger partial charge in [-0.05, 0) is 65.5 Å². The van der Waals surface area contributed by atoms with E-state index in [2.05, 4.69) is 20.9 Å². The Balaban J connectivity index is 1.25. The number of nitrogens with one attached hydrogen (secondary N) is 3. The summed E-state index contributed by atoms with van der Waals surface area (Å²) in [6.45, 7) is 12.4. The zero-order valence-corrected chi connectivity index (χ0v) is 37.7. The zero-order chi connectivity index (χ0) is 45.5. The minimum Gasteiger partial charge on any atom is -0.453 e. The Morgan fingerprint density at radius 2 is 1.44 bits per heavy atom. The van der Waals surface area contributed by atoms with Gasteiger partial charge in [0.2, 0.25) is 11.8 Å². The standard InChI is InChI=1S/C49H62N8O6/c1-48(2,3)42(54-46(61)63-8)44(59)53-38(29-33-21-23-34(24-22-33)36-18-14-15-25-50-36)40(58)30-35(28-32-16-10-9-11-17-32)51-45(60)43(49(4,5)6)57-27-26-56(47(57)62)31-41-52-37-19-12-13-20-39(37)55(41)7/h9-25,35,38,40,42-43,58H,26-31H2,1-8H3,(H,51,60)(H,53,59)(H,54,61)/t35-,38-,40-,42?,43?/m0/s1. The van der Waals surface area contributed by atoms with Crippen LogP contribution in [-0.4, -0.2) is 104 Å². The second-order valence-electron chi connectivity index (χ2n) is 18.6. The lowest BCUT2D eigenvalue weighted by Gasteiger charge is -2.38. The minimum atomic E-state index is -1.16. The first-order valence-electron chi connectivity index (χ1n) is 21.6. The van der Waals surface area contributed by atoms with Crippen LogP contribution >= 0.6 is 0 Å². The van der Waals surface area contributed by atoms with E-state index < -0.39 is 53.1 Å². The second kappa shape index (κ2) is 19.8. The molecule has 1 saturated heterocycles. The summed E-state index contributed by atoms with van der Waals surface area (Å²) < 4.78 is 6.84. The van der Waals surface area contributed by atoms with Crippen molar-refractivity contribution in [2.75, 3.05) is 20.2 Å². The third kappa shape index (κ3) is 11.6. The number of carbonyl (C=O) groups is 4. The van der Waals surface area contributed by atoms with Crippen molar-refractivity contribution in [3.05, 3.63) is 120 Å². The molecular formula is C49H62N8O6. The largest absolute Gasteiger partial charge is 0.453 e. The van der Waals surface area contributed by atoms with Gasteiger partial charge in [-0.25, -0.2) is 14.6 Å². The van der Waals surface area contributed by atoms with Gasteiger partial charge >= 0.3 is 12.1 Å². The number of para-hydroxylation sites is 2. The molecule has 63 heavy (non-hydrogen) atoms. The highest BCUT2D eigenvalue weighted by Gasteiger charge is 2.44. The average molecular weight is 859 g/mol. The number of aliphatic hydroxyl groups is 1. The lowest BCUT2D eigenvalue weighted by Crippen LogP contribution is -2.59. The van der Waals surface area contributed by atoms with Gasteiger partial charge in [-0.15, -0.1) is 0 Å². The van der Waals surface area contributed by atoms with Crippen molar-refractivity contribution in [2.24, 2.45) is 17.9 Å². The van der Waals surface area contributed by atoms with E-state index in [1.165, 1.54) is 7.11 Å². The molecular weight excluding hydrogens is 797 g/mol. The number of imidazole rings is 1. The summed E-state index contributed by atoms with van der Waals surface area (Å²) in [6, 6.07) is 27.5. The highest BCUT2D eigenvalue weighted by molar-refractivity contribution is 5.89. The SMILES string of the molecule is COC(=O)NC(C(=O)N[C@@H](Cc1ccc(-c2ccccn2)cc1)[C@@H](O)C[C@H](Cc1ccccc1)NC(=O)C(N1CCN(Cc2nc3ccccc3n2C)C1=O)C(C)(C)C)C(C)(C)C. The van der Waals surface area contributed by atoms with Crippen molar-refractivity contribution in [3.63, 3.8) is 0 Å². The van der Waals surface area contributed by atoms with Gasteiger partial charge in [-0.1, -0.05) is 114 Å². The number of hydrogen-bond donors (Lipinski definition) is 4. The van der Waals surface area contributed by atoms with E-state index >= 15 is 0 Å². The van der Waals surface area contributed by atoms with Gasteiger partial charge in [-0.2, -0.15) is 0 Å². The van der Waals surface area contributed by atoms with Gasteiger partial charge in [0.1, 0.15) is 17.9 Å². The molecule has 2 aromatic heterocycles. The predicted molar refractivity (Wildman–Crippen MR) is 243 cm³/mol. The van der Waals surface area contributed by atoms with E-state index in [0.717, 1.165) is 39.2 Å². The molecule has 0 spiro atoms. The summed E-state index contributed by atoms with van der Waals surface area (Å²) in [7, 11) is 3.17. The summed E-state index contributed by atoms with van der Waals surface area (Å²) in [5.74, 6) is -0.0793. The maximum atomic E-state index is 14.7. The maximum absolute atomic E-state index is 14.7. The van der Waals surface area contributed by atoms with Crippen molar-refractivity contribution in [1.29, 1.82) is 0 Å². The first kappa shape index (κ1) is 46.2. The van der Waals surface area contributed by atoms with E-state index in [9.17, 15) is 24.3 Å².